The van der Waals surface area contributed by atoms with E-state index in [9.17, 15) is 13.6 Å². The lowest BCUT2D eigenvalue weighted by atomic mass is 10.2. The van der Waals surface area contributed by atoms with E-state index in [4.69, 9.17) is 4.42 Å². The molecule has 4 nitrogen and oxygen atoms in total. The number of aryl methyl sites for hydroxylation is 1. The number of hydrogen-bond acceptors (Lipinski definition) is 4. The average Bonchev–Trinajstić information content (AvgIpc) is 3.10. The molecule has 0 saturated heterocycles. The Labute approximate surface area is 128 Å². The molecule has 22 heavy (non-hydrogen) atoms. The van der Waals surface area contributed by atoms with Crippen LogP contribution in [-0.4, -0.2) is 10.9 Å². The summed E-state index contributed by atoms with van der Waals surface area (Å²) in [4.78, 5) is 17.9. The number of nitrogens with zero attached hydrogens (tertiary/aromatic N) is 1. The van der Waals surface area contributed by atoms with Crippen LogP contribution in [0.25, 0.3) is 10.6 Å². The number of anilines is 1. The van der Waals surface area contributed by atoms with Crippen LogP contribution in [0.3, 0.4) is 0 Å². The minimum absolute atomic E-state index is 0.0468. The van der Waals surface area contributed by atoms with Gasteiger partial charge in [0.1, 0.15) is 11.6 Å². The highest BCUT2D eigenvalue weighted by molar-refractivity contribution is 7.15. The first kappa shape index (κ1) is 14.4. The molecule has 1 N–H and O–H groups in total. The van der Waals surface area contributed by atoms with E-state index in [-0.39, 0.29) is 11.4 Å². The minimum atomic E-state index is -0.856. The Morgan fingerprint density at radius 2 is 2.09 bits per heavy atom. The number of halogens is 2. The molecular formula is C15H10F2N2O2S. The highest BCUT2D eigenvalue weighted by atomic mass is 32.1. The van der Waals surface area contributed by atoms with Crippen LogP contribution in [-0.2, 0) is 0 Å². The van der Waals surface area contributed by atoms with E-state index < -0.39 is 17.5 Å². The van der Waals surface area contributed by atoms with Gasteiger partial charge in [-0.3, -0.25) is 4.79 Å². The third kappa shape index (κ3) is 2.75. The lowest BCUT2D eigenvalue weighted by Gasteiger charge is -2.05. The SMILES string of the molecule is Cc1ccc(-c2ocnc2C(=O)Nc2ccc(F)cc2F)s1. The molecule has 0 atom stereocenters. The summed E-state index contributed by atoms with van der Waals surface area (Å²) >= 11 is 1.45. The molecule has 7 heteroatoms. The number of carbonyl (C=O) groups excluding carboxylic acids is 1. The fourth-order valence-electron chi connectivity index (χ4n) is 1.91. The molecule has 3 rings (SSSR count). The summed E-state index contributed by atoms with van der Waals surface area (Å²) in [5.74, 6) is -1.88. The maximum absolute atomic E-state index is 13.6. The fourth-order valence-corrected chi connectivity index (χ4v) is 2.77. The first-order valence-corrected chi connectivity index (χ1v) is 7.13. The Balaban J connectivity index is 1.89. The second kappa shape index (κ2) is 5.69. The van der Waals surface area contributed by atoms with E-state index in [2.05, 4.69) is 10.3 Å². The van der Waals surface area contributed by atoms with E-state index in [0.29, 0.717) is 11.8 Å². The Kier molecular flexibility index (Phi) is 3.72. The number of thiophene rings is 1. The summed E-state index contributed by atoms with van der Waals surface area (Å²) in [6, 6.07) is 6.62. The maximum atomic E-state index is 13.6. The molecule has 0 bridgehead atoms. The Bertz CT molecular complexity index is 842. The van der Waals surface area contributed by atoms with E-state index >= 15 is 0 Å². The summed E-state index contributed by atoms with van der Waals surface area (Å²) in [5, 5.41) is 2.36. The predicted octanol–water partition coefficient (Wildman–Crippen LogP) is 4.24. The van der Waals surface area contributed by atoms with Crippen molar-refractivity contribution in [2.75, 3.05) is 5.32 Å². The summed E-state index contributed by atoms with van der Waals surface area (Å²) < 4.78 is 31.7. The zero-order valence-electron chi connectivity index (χ0n) is 11.4. The molecular weight excluding hydrogens is 310 g/mol. The third-order valence-corrected chi connectivity index (χ3v) is 3.93. The van der Waals surface area contributed by atoms with Gasteiger partial charge in [0, 0.05) is 10.9 Å². The van der Waals surface area contributed by atoms with Gasteiger partial charge in [0.2, 0.25) is 0 Å². The van der Waals surface area contributed by atoms with Crippen molar-refractivity contribution < 1.29 is 18.0 Å². The van der Waals surface area contributed by atoms with Crippen molar-refractivity contribution in [1.82, 2.24) is 4.98 Å². The molecule has 2 heterocycles. The van der Waals surface area contributed by atoms with Crippen molar-refractivity contribution in [3.05, 3.63) is 58.9 Å². The van der Waals surface area contributed by atoms with Crippen molar-refractivity contribution in [3.8, 4) is 10.6 Å². The van der Waals surface area contributed by atoms with Gasteiger partial charge in [0.05, 0.1) is 10.6 Å². The van der Waals surface area contributed by atoms with Crippen LogP contribution >= 0.6 is 11.3 Å². The van der Waals surface area contributed by atoms with Crippen molar-refractivity contribution in [2.24, 2.45) is 0 Å². The minimum Gasteiger partial charge on any atom is -0.442 e. The van der Waals surface area contributed by atoms with Crippen LogP contribution < -0.4 is 5.32 Å². The first-order valence-electron chi connectivity index (χ1n) is 6.31. The normalized spacial score (nSPS) is 10.7. The number of carbonyl (C=O) groups is 1. The standard InChI is InChI=1S/C15H10F2N2O2S/c1-8-2-5-12(22-8)14-13(18-7-21-14)15(20)19-11-4-3-9(16)6-10(11)17/h2-7H,1H3,(H,19,20). The Hall–Kier alpha value is -2.54. The van der Waals surface area contributed by atoms with Crippen molar-refractivity contribution in [2.45, 2.75) is 6.92 Å². The highest BCUT2D eigenvalue weighted by Crippen LogP contribution is 2.30. The number of nitrogens with one attached hydrogen (secondary N) is 1. The second-order valence-electron chi connectivity index (χ2n) is 4.52. The van der Waals surface area contributed by atoms with Crippen molar-refractivity contribution in [1.29, 1.82) is 0 Å². The molecule has 1 aromatic carbocycles. The molecule has 0 aliphatic rings. The second-order valence-corrected chi connectivity index (χ2v) is 5.81. The summed E-state index contributed by atoms with van der Waals surface area (Å²) in [5.41, 5.74) is -0.0757. The number of aromatic nitrogens is 1. The molecule has 0 fully saturated rings. The molecule has 112 valence electrons. The predicted molar refractivity (Wildman–Crippen MR) is 78.9 cm³/mol. The fraction of sp³-hybridized carbons (Fsp3) is 0.0667. The van der Waals surface area contributed by atoms with Crippen LogP contribution in [0.2, 0.25) is 0 Å². The third-order valence-electron chi connectivity index (χ3n) is 2.93. The molecule has 0 aliphatic heterocycles. The van der Waals surface area contributed by atoms with E-state index in [1.165, 1.54) is 11.3 Å². The topological polar surface area (TPSA) is 55.1 Å². The van der Waals surface area contributed by atoms with Crippen LogP contribution in [0.4, 0.5) is 14.5 Å². The molecule has 3 aromatic rings. The summed E-state index contributed by atoms with van der Waals surface area (Å²) in [7, 11) is 0. The maximum Gasteiger partial charge on any atom is 0.278 e. The largest absolute Gasteiger partial charge is 0.442 e. The molecule has 0 radical (unpaired) electrons. The van der Waals surface area contributed by atoms with Gasteiger partial charge in [0.25, 0.3) is 5.91 Å². The van der Waals surface area contributed by atoms with Gasteiger partial charge in [-0.05, 0) is 31.2 Å². The van der Waals surface area contributed by atoms with Crippen LogP contribution in [0.15, 0.2) is 41.1 Å². The van der Waals surface area contributed by atoms with Gasteiger partial charge in [-0.2, -0.15) is 0 Å². The van der Waals surface area contributed by atoms with E-state index in [0.717, 1.165) is 28.3 Å². The van der Waals surface area contributed by atoms with E-state index in [1.807, 2.05) is 19.1 Å². The monoisotopic (exact) mass is 320 g/mol. The van der Waals surface area contributed by atoms with Crippen LogP contribution in [0, 0.1) is 18.6 Å². The van der Waals surface area contributed by atoms with Gasteiger partial charge < -0.3 is 9.73 Å². The van der Waals surface area contributed by atoms with Gasteiger partial charge in [0.15, 0.2) is 17.8 Å². The van der Waals surface area contributed by atoms with Crippen LogP contribution in [0.1, 0.15) is 15.4 Å². The number of amides is 1. The van der Waals surface area contributed by atoms with Gasteiger partial charge in [-0.1, -0.05) is 0 Å². The summed E-state index contributed by atoms with van der Waals surface area (Å²) in [6.45, 7) is 1.93. The lowest BCUT2D eigenvalue weighted by molar-refractivity contribution is 0.102. The quantitative estimate of drug-likeness (QED) is 0.785. The average molecular weight is 320 g/mol. The number of hydrogen-bond donors (Lipinski definition) is 1. The Morgan fingerprint density at radius 1 is 1.27 bits per heavy atom. The molecule has 1 amide bonds. The number of oxazole rings is 1. The van der Waals surface area contributed by atoms with Crippen molar-refractivity contribution in [3.63, 3.8) is 0 Å². The smallest absolute Gasteiger partial charge is 0.278 e. The summed E-state index contributed by atoms with van der Waals surface area (Å²) in [6.07, 6.45) is 1.15. The van der Waals surface area contributed by atoms with Crippen molar-refractivity contribution >= 4 is 22.9 Å². The lowest BCUT2D eigenvalue weighted by Crippen LogP contribution is -2.14. The molecule has 0 saturated carbocycles. The number of rotatable bonds is 3. The first-order chi connectivity index (χ1) is 10.5. The van der Waals surface area contributed by atoms with Gasteiger partial charge >= 0.3 is 0 Å². The van der Waals surface area contributed by atoms with Gasteiger partial charge in [-0.15, -0.1) is 11.3 Å². The zero-order chi connectivity index (χ0) is 15.7. The zero-order valence-corrected chi connectivity index (χ0v) is 12.2. The van der Waals surface area contributed by atoms with E-state index in [1.54, 1.807) is 0 Å². The molecule has 0 aliphatic carbocycles. The Morgan fingerprint density at radius 3 is 2.77 bits per heavy atom. The number of benzene rings is 1. The highest BCUT2D eigenvalue weighted by Gasteiger charge is 2.20. The molecule has 0 unspecified atom stereocenters. The molecule has 0 spiro atoms. The van der Waals surface area contributed by atoms with Crippen LogP contribution in [0.5, 0.6) is 0 Å². The van der Waals surface area contributed by atoms with Gasteiger partial charge in [-0.25, -0.2) is 13.8 Å². The molecule has 2 aromatic heterocycles.